The summed E-state index contributed by atoms with van der Waals surface area (Å²) >= 11 is 3.35. The van der Waals surface area contributed by atoms with Crippen molar-refractivity contribution in [2.75, 3.05) is 12.4 Å². The second kappa shape index (κ2) is 11.1. The molecule has 33 heavy (non-hydrogen) atoms. The first kappa shape index (κ1) is 23.7. The molecular formula is C24H20BrN3O5. The first-order valence-electron chi connectivity index (χ1n) is 9.74. The SMILES string of the molecule is COc1ccccc1NC(=O)C(=O)NN=Cc1cc(Br)ccc1OC(=O)c1ccccc1C. The second-order valence-corrected chi connectivity index (χ2v) is 7.66. The van der Waals surface area contributed by atoms with E-state index in [1.807, 2.05) is 19.1 Å². The maximum atomic E-state index is 12.6. The molecule has 3 rings (SSSR count). The Hall–Kier alpha value is -3.98. The maximum absolute atomic E-state index is 12.6. The van der Waals surface area contributed by atoms with Gasteiger partial charge in [0.05, 0.1) is 24.6 Å². The molecule has 0 aliphatic rings. The summed E-state index contributed by atoms with van der Waals surface area (Å²) in [7, 11) is 1.46. The van der Waals surface area contributed by atoms with E-state index in [1.165, 1.54) is 13.3 Å². The van der Waals surface area contributed by atoms with Gasteiger partial charge in [-0.25, -0.2) is 10.2 Å². The molecule has 3 aromatic carbocycles. The minimum absolute atomic E-state index is 0.239. The summed E-state index contributed by atoms with van der Waals surface area (Å²) in [5, 5.41) is 6.27. The van der Waals surface area contributed by atoms with E-state index in [9.17, 15) is 14.4 Å². The fraction of sp³-hybridized carbons (Fsp3) is 0.0833. The van der Waals surface area contributed by atoms with Gasteiger partial charge in [-0.1, -0.05) is 46.3 Å². The molecule has 0 spiro atoms. The van der Waals surface area contributed by atoms with E-state index in [-0.39, 0.29) is 5.75 Å². The van der Waals surface area contributed by atoms with Gasteiger partial charge in [0.1, 0.15) is 11.5 Å². The number of nitrogens with zero attached hydrogens (tertiary/aromatic N) is 1. The predicted molar refractivity (Wildman–Crippen MR) is 128 cm³/mol. The van der Waals surface area contributed by atoms with E-state index >= 15 is 0 Å². The van der Waals surface area contributed by atoms with Crippen LogP contribution in [-0.4, -0.2) is 31.1 Å². The van der Waals surface area contributed by atoms with Gasteiger partial charge in [0.15, 0.2) is 0 Å². The number of benzene rings is 3. The number of rotatable bonds is 6. The molecule has 0 unspecified atom stereocenters. The number of methoxy groups -OCH3 is 1. The highest BCUT2D eigenvalue weighted by molar-refractivity contribution is 9.10. The lowest BCUT2D eigenvalue weighted by molar-refractivity contribution is -0.136. The highest BCUT2D eigenvalue weighted by Gasteiger charge is 2.16. The molecular weight excluding hydrogens is 490 g/mol. The molecule has 0 aromatic heterocycles. The van der Waals surface area contributed by atoms with E-state index in [0.29, 0.717) is 27.0 Å². The van der Waals surface area contributed by atoms with Crippen molar-refractivity contribution in [1.82, 2.24) is 5.43 Å². The molecule has 0 fully saturated rings. The molecule has 0 aliphatic carbocycles. The first-order chi connectivity index (χ1) is 15.9. The number of esters is 1. The fourth-order valence-corrected chi connectivity index (χ4v) is 3.19. The normalized spacial score (nSPS) is 10.5. The summed E-state index contributed by atoms with van der Waals surface area (Å²) < 4.78 is 11.4. The number of hydrogen-bond acceptors (Lipinski definition) is 6. The van der Waals surface area contributed by atoms with E-state index in [0.717, 1.165) is 5.56 Å². The Balaban J connectivity index is 1.68. The van der Waals surface area contributed by atoms with Crippen LogP contribution in [0.25, 0.3) is 0 Å². The molecule has 168 valence electrons. The summed E-state index contributed by atoms with van der Waals surface area (Å²) in [5.74, 6) is -1.77. The zero-order chi connectivity index (χ0) is 23.8. The molecule has 0 saturated heterocycles. The maximum Gasteiger partial charge on any atom is 0.343 e. The van der Waals surface area contributed by atoms with Crippen LogP contribution in [0, 0.1) is 6.92 Å². The van der Waals surface area contributed by atoms with Crippen LogP contribution in [0.1, 0.15) is 21.5 Å². The molecule has 0 atom stereocenters. The highest BCUT2D eigenvalue weighted by atomic mass is 79.9. The van der Waals surface area contributed by atoms with Crippen LogP contribution in [0.4, 0.5) is 5.69 Å². The molecule has 0 radical (unpaired) electrons. The largest absolute Gasteiger partial charge is 0.495 e. The van der Waals surface area contributed by atoms with E-state index in [4.69, 9.17) is 9.47 Å². The summed E-state index contributed by atoms with van der Waals surface area (Å²) in [6.07, 6.45) is 1.28. The Morgan fingerprint density at radius 3 is 2.42 bits per heavy atom. The smallest absolute Gasteiger partial charge is 0.343 e. The Bertz CT molecular complexity index is 1230. The molecule has 2 amide bonds. The van der Waals surface area contributed by atoms with Crippen LogP contribution in [0.3, 0.4) is 0 Å². The van der Waals surface area contributed by atoms with Crippen LogP contribution >= 0.6 is 15.9 Å². The van der Waals surface area contributed by atoms with Crippen LogP contribution in [0.2, 0.25) is 0 Å². The van der Waals surface area contributed by atoms with Crippen molar-refractivity contribution in [3.63, 3.8) is 0 Å². The molecule has 3 aromatic rings. The molecule has 8 nitrogen and oxygen atoms in total. The van der Waals surface area contributed by atoms with Crippen molar-refractivity contribution in [3.8, 4) is 11.5 Å². The lowest BCUT2D eigenvalue weighted by Gasteiger charge is -2.10. The number of aryl methyl sites for hydroxylation is 1. The zero-order valence-corrected chi connectivity index (χ0v) is 19.4. The third kappa shape index (κ3) is 6.27. The number of amides is 2. The zero-order valence-electron chi connectivity index (χ0n) is 17.8. The molecule has 9 heteroatoms. The number of anilines is 1. The minimum Gasteiger partial charge on any atom is -0.495 e. The van der Waals surface area contributed by atoms with Crippen molar-refractivity contribution >= 4 is 45.6 Å². The lowest BCUT2D eigenvalue weighted by Crippen LogP contribution is -2.32. The van der Waals surface area contributed by atoms with Gasteiger partial charge in [0.2, 0.25) is 0 Å². The Morgan fingerprint density at radius 2 is 1.67 bits per heavy atom. The lowest BCUT2D eigenvalue weighted by atomic mass is 10.1. The number of carbonyl (C=O) groups is 3. The topological polar surface area (TPSA) is 106 Å². The molecule has 0 saturated carbocycles. The standard InChI is InChI=1S/C24H20BrN3O5/c1-15-7-3-4-8-18(15)24(31)33-20-12-11-17(25)13-16(20)14-26-28-23(30)22(29)27-19-9-5-6-10-21(19)32-2/h3-14H,1-2H3,(H,27,29)(H,28,30). The van der Waals surface area contributed by atoms with Gasteiger partial charge in [0.25, 0.3) is 0 Å². The number of halogens is 1. The summed E-state index contributed by atoms with van der Waals surface area (Å²) in [4.78, 5) is 36.8. The molecule has 0 bridgehead atoms. The third-order valence-corrected chi connectivity index (χ3v) is 4.96. The number of nitrogens with one attached hydrogen (secondary N) is 2. The Morgan fingerprint density at radius 1 is 0.939 bits per heavy atom. The quantitative estimate of drug-likeness (QED) is 0.171. The number of para-hydroxylation sites is 2. The molecule has 0 aliphatic heterocycles. The third-order valence-electron chi connectivity index (χ3n) is 4.47. The van der Waals surface area contributed by atoms with Crippen LogP contribution in [0.5, 0.6) is 11.5 Å². The highest BCUT2D eigenvalue weighted by Crippen LogP contribution is 2.24. The first-order valence-corrected chi connectivity index (χ1v) is 10.5. The number of hydrazone groups is 1. The van der Waals surface area contributed by atoms with E-state index in [2.05, 4.69) is 31.8 Å². The monoisotopic (exact) mass is 509 g/mol. The van der Waals surface area contributed by atoms with Gasteiger partial charge in [-0.15, -0.1) is 0 Å². The summed E-state index contributed by atoms with van der Waals surface area (Å²) in [6.45, 7) is 1.81. The van der Waals surface area contributed by atoms with E-state index in [1.54, 1.807) is 54.6 Å². The van der Waals surface area contributed by atoms with Gasteiger partial charge in [-0.3, -0.25) is 9.59 Å². The van der Waals surface area contributed by atoms with Gasteiger partial charge >= 0.3 is 17.8 Å². The Labute approximate surface area is 198 Å². The average Bonchev–Trinajstić information content (AvgIpc) is 2.81. The van der Waals surface area contributed by atoms with Crippen molar-refractivity contribution in [2.24, 2.45) is 5.10 Å². The second-order valence-electron chi connectivity index (χ2n) is 6.74. The number of ether oxygens (including phenoxy) is 2. The summed E-state index contributed by atoms with van der Waals surface area (Å²) in [6, 6.07) is 18.7. The Kier molecular flexibility index (Phi) is 7.93. The van der Waals surface area contributed by atoms with Gasteiger partial charge in [0, 0.05) is 10.0 Å². The number of carbonyl (C=O) groups excluding carboxylic acids is 3. The number of hydrogen-bond donors (Lipinski definition) is 2. The summed E-state index contributed by atoms with van der Waals surface area (Å²) in [5.41, 5.74) is 4.13. The van der Waals surface area contributed by atoms with Crippen LogP contribution < -0.4 is 20.2 Å². The van der Waals surface area contributed by atoms with Crippen LogP contribution in [0.15, 0.2) is 76.3 Å². The van der Waals surface area contributed by atoms with Gasteiger partial charge < -0.3 is 14.8 Å². The van der Waals surface area contributed by atoms with Crippen molar-refractivity contribution < 1.29 is 23.9 Å². The van der Waals surface area contributed by atoms with Crippen molar-refractivity contribution in [1.29, 1.82) is 0 Å². The van der Waals surface area contributed by atoms with Gasteiger partial charge in [-0.2, -0.15) is 5.10 Å². The van der Waals surface area contributed by atoms with E-state index < -0.39 is 17.8 Å². The predicted octanol–water partition coefficient (Wildman–Crippen LogP) is 4.07. The molecule has 0 heterocycles. The molecule has 2 N–H and O–H groups in total. The fourth-order valence-electron chi connectivity index (χ4n) is 2.81. The van der Waals surface area contributed by atoms with Crippen molar-refractivity contribution in [2.45, 2.75) is 6.92 Å². The van der Waals surface area contributed by atoms with Crippen molar-refractivity contribution in [3.05, 3.63) is 87.9 Å². The van der Waals surface area contributed by atoms with Crippen LogP contribution in [-0.2, 0) is 9.59 Å². The minimum atomic E-state index is -0.981. The van der Waals surface area contributed by atoms with Gasteiger partial charge in [-0.05, 0) is 48.9 Å². The average molecular weight is 510 g/mol.